The Morgan fingerprint density at radius 3 is 2.28 bits per heavy atom. The van der Waals surface area contributed by atoms with Crippen molar-refractivity contribution in [2.45, 2.75) is 39.5 Å². The molecule has 0 bridgehead atoms. The number of aromatic nitrogens is 2. The van der Waals surface area contributed by atoms with Gasteiger partial charge in [0.1, 0.15) is 18.1 Å². The standard InChI is InChI=1S/C32H36N4O3/c1-4-6-8-11-24-14-16-26(17-15-24)32(38)35(5-2)23-31(37)33-30-22-29(25-12-9-7-10-13-25)34-36(30)27-18-20-28(39-3)21-19-27/h7,9-10,12-22H,4-6,8,11,23H2,1-3H3,(H,33,37). The highest BCUT2D eigenvalue weighted by atomic mass is 16.5. The molecular formula is C32H36N4O3. The van der Waals surface area contributed by atoms with E-state index >= 15 is 0 Å². The van der Waals surface area contributed by atoms with Gasteiger partial charge >= 0.3 is 0 Å². The predicted molar refractivity (Wildman–Crippen MR) is 155 cm³/mol. The largest absolute Gasteiger partial charge is 0.497 e. The van der Waals surface area contributed by atoms with E-state index in [1.165, 1.54) is 18.4 Å². The number of methoxy groups -OCH3 is 1. The van der Waals surface area contributed by atoms with E-state index in [0.717, 1.165) is 35.5 Å². The summed E-state index contributed by atoms with van der Waals surface area (Å²) >= 11 is 0. The number of unbranched alkanes of at least 4 members (excludes halogenated alkanes) is 2. The third-order valence-corrected chi connectivity index (χ3v) is 6.64. The second-order valence-corrected chi connectivity index (χ2v) is 9.41. The topological polar surface area (TPSA) is 76.5 Å². The average molecular weight is 525 g/mol. The minimum atomic E-state index is -0.296. The molecule has 39 heavy (non-hydrogen) atoms. The molecule has 7 nitrogen and oxygen atoms in total. The van der Waals surface area contributed by atoms with Crippen LogP contribution in [0.5, 0.6) is 5.75 Å². The number of aryl methyl sites for hydroxylation is 1. The van der Waals surface area contributed by atoms with Crippen molar-refractivity contribution >= 4 is 17.6 Å². The van der Waals surface area contributed by atoms with Gasteiger partial charge in [-0.1, -0.05) is 62.2 Å². The molecule has 0 radical (unpaired) electrons. The third kappa shape index (κ3) is 7.13. The number of anilines is 1. The molecule has 1 aromatic heterocycles. The Morgan fingerprint density at radius 2 is 1.64 bits per heavy atom. The lowest BCUT2D eigenvalue weighted by Crippen LogP contribution is -2.38. The second kappa shape index (κ2) is 13.4. The Hall–Kier alpha value is -4.39. The minimum absolute atomic E-state index is 0.0674. The van der Waals surface area contributed by atoms with Crippen LogP contribution in [-0.2, 0) is 11.2 Å². The maximum atomic E-state index is 13.2. The van der Waals surface area contributed by atoms with E-state index in [1.54, 1.807) is 16.7 Å². The molecule has 0 aliphatic heterocycles. The van der Waals surface area contributed by atoms with Crippen LogP contribution in [0.2, 0.25) is 0 Å². The summed E-state index contributed by atoms with van der Waals surface area (Å²) in [4.78, 5) is 27.9. The fourth-order valence-corrected chi connectivity index (χ4v) is 4.40. The lowest BCUT2D eigenvalue weighted by Gasteiger charge is -2.20. The number of hydrogen-bond donors (Lipinski definition) is 1. The van der Waals surface area contributed by atoms with Gasteiger partial charge in [-0.15, -0.1) is 0 Å². The summed E-state index contributed by atoms with van der Waals surface area (Å²) < 4.78 is 6.97. The van der Waals surface area contributed by atoms with Crippen LogP contribution in [0, 0.1) is 0 Å². The maximum Gasteiger partial charge on any atom is 0.254 e. The highest BCUT2D eigenvalue weighted by Gasteiger charge is 2.20. The number of ether oxygens (including phenoxy) is 1. The first kappa shape index (κ1) is 27.6. The van der Waals surface area contributed by atoms with Crippen molar-refractivity contribution in [1.82, 2.24) is 14.7 Å². The van der Waals surface area contributed by atoms with Gasteiger partial charge in [0, 0.05) is 23.7 Å². The van der Waals surface area contributed by atoms with Crippen LogP contribution in [0.1, 0.15) is 49.0 Å². The van der Waals surface area contributed by atoms with Crippen molar-refractivity contribution in [1.29, 1.82) is 0 Å². The third-order valence-electron chi connectivity index (χ3n) is 6.64. The van der Waals surface area contributed by atoms with Crippen molar-refractivity contribution in [2.24, 2.45) is 0 Å². The molecule has 4 rings (SSSR count). The molecule has 0 saturated heterocycles. The van der Waals surface area contributed by atoms with Gasteiger partial charge in [0.2, 0.25) is 5.91 Å². The van der Waals surface area contributed by atoms with E-state index in [4.69, 9.17) is 9.84 Å². The van der Waals surface area contributed by atoms with Crippen LogP contribution in [0.25, 0.3) is 16.9 Å². The first-order chi connectivity index (χ1) is 19.0. The number of carbonyl (C=O) groups excluding carboxylic acids is 2. The molecule has 4 aromatic rings. The number of rotatable bonds is 12. The highest BCUT2D eigenvalue weighted by molar-refractivity contribution is 5.99. The molecule has 0 unspecified atom stereocenters. The smallest absolute Gasteiger partial charge is 0.254 e. The zero-order valence-corrected chi connectivity index (χ0v) is 22.9. The Labute approximate surface area is 230 Å². The van der Waals surface area contributed by atoms with Gasteiger partial charge in [0.25, 0.3) is 5.91 Å². The summed E-state index contributed by atoms with van der Waals surface area (Å²) in [6.07, 6.45) is 4.53. The Balaban J connectivity index is 1.50. The molecule has 0 spiro atoms. The molecule has 0 fully saturated rings. The Morgan fingerprint density at radius 1 is 0.923 bits per heavy atom. The normalized spacial score (nSPS) is 10.7. The number of benzene rings is 3. The number of amides is 2. The summed E-state index contributed by atoms with van der Waals surface area (Å²) in [5.41, 5.74) is 4.24. The van der Waals surface area contributed by atoms with Crippen molar-refractivity contribution in [3.05, 3.63) is 96.1 Å². The lowest BCUT2D eigenvalue weighted by molar-refractivity contribution is -0.116. The number of carbonyl (C=O) groups is 2. The minimum Gasteiger partial charge on any atom is -0.497 e. The van der Waals surface area contributed by atoms with E-state index in [1.807, 2.05) is 91.9 Å². The van der Waals surface area contributed by atoms with Gasteiger partial charge in [-0.25, -0.2) is 4.68 Å². The molecule has 2 amide bonds. The van der Waals surface area contributed by atoms with Crippen LogP contribution in [-0.4, -0.2) is 46.7 Å². The van der Waals surface area contributed by atoms with Gasteiger partial charge in [-0.2, -0.15) is 5.10 Å². The summed E-state index contributed by atoms with van der Waals surface area (Å²) in [5, 5.41) is 7.73. The summed E-state index contributed by atoms with van der Waals surface area (Å²) in [6, 6.07) is 26.8. The fourth-order valence-electron chi connectivity index (χ4n) is 4.40. The zero-order chi connectivity index (χ0) is 27.6. The molecule has 1 N–H and O–H groups in total. The quantitative estimate of drug-likeness (QED) is 0.218. The molecule has 3 aromatic carbocycles. The van der Waals surface area contributed by atoms with Crippen molar-refractivity contribution < 1.29 is 14.3 Å². The van der Waals surface area contributed by atoms with Crippen LogP contribution in [0.15, 0.2) is 84.9 Å². The van der Waals surface area contributed by atoms with Gasteiger partial charge in [0.15, 0.2) is 0 Å². The lowest BCUT2D eigenvalue weighted by atomic mass is 10.0. The van der Waals surface area contributed by atoms with Crippen molar-refractivity contribution in [2.75, 3.05) is 25.5 Å². The van der Waals surface area contributed by atoms with Crippen molar-refractivity contribution in [3.63, 3.8) is 0 Å². The molecule has 202 valence electrons. The van der Waals surface area contributed by atoms with E-state index < -0.39 is 0 Å². The number of likely N-dealkylation sites (N-methyl/N-ethyl adjacent to an activating group) is 1. The Kier molecular flexibility index (Phi) is 9.51. The van der Waals surface area contributed by atoms with Gasteiger partial charge < -0.3 is 15.0 Å². The van der Waals surface area contributed by atoms with Gasteiger partial charge in [-0.3, -0.25) is 9.59 Å². The zero-order valence-electron chi connectivity index (χ0n) is 22.9. The molecule has 0 aliphatic carbocycles. The highest BCUT2D eigenvalue weighted by Crippen LogP contribution is 2.26. The SMILES string of the molecule is CCCCCc1ccc(C(=O)N(CC)CC(=O)Nc2cc(-c3ccccc3)nn2-c2ccc(OC)cc2)cc1. The van der Waals surface area contributed by atoms with E-state index in [-0.39, 0.29) is 18.4 Å². The summed E-state index contributed by atoms with van der Waals surface area (Å²) in [7, 11) is 1.62. The monoisotopic (exact) mass is 524 g/mol. The fraction of sp³-hybridized carbons (Fsp3) is 0.281. The van der Waals surface area contributed by atoms with Crippen LogP contribution < -0.4 is 10.1 Å². The molecular weight excluding hydrogens is 488 g/mol. The maximum absolute atomic E-state index is 13.2. The number of nitrogens with one attached hydrogen (secondary N) is 1. The van der Waals surface area contributed by atoms with E-state index in [9.17, 15) is 9.59 Å². The molecule has 0 saturated carbocycles. The molecule has 1 heterocycles. The van der Waals surface area contributed by atoms with Crippen LogP contribution >= 0.6 is 0 Å². The first-order valence-electron chi connectivity index (χ1n) is 13.5. The summed E-state index contributed by atoms with van der Waals surface area (Å²) in [5.74, 6) is 0.784. The Bertz CT molecular complexity index is 1360. The number of nitrogens with zero attached hydrogens (tertiary/aromatic N) is 3. The second-order valence-electron chi connectivity index (χ2n) is 9.41. The molecule has 0 atom stereocenters. The van der Waals surface area contributed by atoms with Crippen molar-refractivity contribution in [3.8, 4) is 22.7 Å². The summed E-state index contributed by atoms with van der Waals surface area (Å²) in [6.45, 7) is 4.41. The van der Waals surface area contributed by atoms with E-state index in [2.05, 4.69) is 12.2 Å². The van der Waals surface area contributed by atoms with Crippen LogP contribution in [0.3, 0.4) is 0 Å². The van der Waals surface area contributed by atoms with Gasteiger partial charge in [0.05, 0.1) is 18.5 Å². The van der Waals surface area contributed by atoms with Crippen LogP contribution in [0.4, 0.5) is 5.82 Å². The predicted octanol–water partition coefficient (Wildman–Crippen LogP) is 6.38. The van der Waals surface area contributed by atoms with Gasteiger partial charge in [-0.05, 0) is 61.7 Å². The number of hydrogen-bond acceptors (Lipinski definition) is 4. The first-order valence-corrected chi connectivity index (χ1v) is 13.5. The molecule has 0 aliphatic rings. The molecule has 7 heteroatoms. The average Bonchev–Trinajstić information content (AvgIpc) is 3.40. The van der Waals surface area contributed by atoms with E-state index in [0.29, 0.717) is 17.9 Å².